The van der Waals surface area contributed by atoms with Gasteiger partial charge in [-0.1, -0.05) is 11.6 Å². The number of aromatic carboxylic acids is 1. The number of carboxylic acids is 1. The molecule has 1 saturated heterocycles. The molecule has 0 aromatic carbocycles. The van der Waals surface area contributed by atoms with Crippen LogP contribution < -0.4 is 4.90 Å². The molecule has 0 amide bonds. The molecule has 2 rings (SSSR count). The first-order chi connectivity index (χ1) is 9.09. The number of nitrogens with zero attached hydrogens (tertiary/aromatic N) is 2. The molecule has 19 heavy (non-hydrogen) atoms. The van der Waals surface area contributed by atoms with E-state index < -0.39 is 5.97 Å². The molecule has 5 nitrogen and oxygen atoms in total. The summed E-state index contributed by atoms with van der Waals surface area (Å²) in [5, 5.41) is 9.21. The first kappa shape index (κ1) is 14.1. The first-order valence-electron chi connectivity index (χ1n) is 6.30. The van der Waals surface area contributed by atoms with Crippen molar-refractivity contribution in [2.24, 2.45) is 0 Å². The van der Waals surface area contributed by atoms with Gasteiger partial charge in [-0.2, -0.15) is 0 Å². The molecule has 104 valence electrons. The third kappa shape index (κ3) is 3.36. The van der Waals surface area contributed by atoms with E-state index in [9.17, 15) is 4.79 Å². The monoisotopic (exact) mass is 284 g/mol. The fourth-order valence-electron chi connectivity index (χ4n) is 2.21. The summed E-state index contributed by atoms with van der Waals surface area (Å²) < 4.78 is 5.66. The van der Waals surface area contributed by atoms with Gasteiger partial charge in [0.1, 0.15) is 5.82 Å². The number of ether oxygens (including phenoxy) is 1. The maximum Gasteiger partial charge on any atom is 0.337 e. The van der Waals surface area contributed by atoms with Crippen LogP contribution in [0.15, 0.2) is 12.3 Å². The molecule has 0 bridgehead atoms. The van der Waals surface area contributed by atoms with E-state index in [-0.39, 0.29) is 16.7 Å². The van der Waals surface area contributed by atoms with Crippen molar-refractivity contribution >= 4 is 23.4 Å². The third-order valence-corrected chi connectivity index (χ3v) is 3.59. The van der Waals surface area contributed by atoms with Gasteiger partial charge in [0.05, 0.1) is 16.7 Å². The maximum atomic E-state index is 11.0. The molecule has 1 aliphatic heterocycles. The number of halogens is 1. The molecular formula is C13H17ClN2O3. The Bertz CT molecular complexity index is 461. The van der Waals surface area contributed by atoms with E-state index in [4.69, 9.17) is 21.4 Å². The number of hydrogen-bond acceptors (Lipinski definition) is 4. The zero-order chi connectivity index (χ0) is 13.8. The predicted molar refractivity (Wildman–Crippen MR) is 73.1 cm³/mol. The second-order valence-corrected chi connectivity index (χ2v) is 5.05. The first-order valence-corrected chi connectivity index (χ1v) is 6.68. The van der Waals surface area contributed by atoms with Crippen molar-refractivity contribution in [3.05, 3.63) is 22.8 Å². The fraction of sp³-hybridized carbons (Fsp3) is 0.538. The quantitative estimate of drug-likeness (QED) is 0.920. The lowest BCUT2D eigenvalue weighted by molar-refractivity contribution is 0.0215. The molecule has 0 radical (unpaired) electrons. The molecule has 1 N–H and O–H groups in total. The van der Waals surface area contributed by atoms with Crippen LogP contribution in [0.4, 0.5) is 5.82 Å². The summed E-state index contributed by atoms with van der Waals surface area (Å²) in [4.78, 5) is 17.0. The molecule has 1 fully saturated rings. The lowest BCUT2D eigenvalue weighted by Crippen LogP contribution is -2.34. The normalized spacial score (nSPS) is 19.2. The second-order valence-electron chi connectivity index (χ2n) is 4.67. The maximum absolute atomic E-state index is 11.0. The molecular weight excluding hydrogens is 268 g/mol. The number of aromatic nitrogens is 1. The average Bonchev–Trinajstić information content (AvgIpc) is 2.39. The zero-order valence-electron chi connectivity index (χ0n) is 10.8. The van der Waals surface area contributed by atoms with E-state index in [0.29, 0.717) is 12.4 Å². The van der Waals surface area contributed by atoms with E-state index in [1.54, 1.807) is 0 Å². The number of hydrogen-bond donors (Lipinski definition) is 1. The van der Waals surface area contributed by atoms with Crippen LogP contribution in [0.25, 0.3) is 0 Å². The van der Waals surface area contributed by atoms with Crippen molar-refractivity contribution in [1.82, 2.24) is 4.98 Å². The lowest BCUT2D eigenvalue weighted by Gasteiger charge is -2.28. The summed E-state index contributed by atoms with van der Waals surface area (Å²) in [6.45, 7) is 1.45. The third-order valence-electron chi connectivity index (χ3n) is 3.21. The van der Waals surface area contributed by atoms with E-state index in [1.807, 2.05) is 11.9 Å². The molecule has 0 saturated carbocycles. The minimum atomic E-state index is -1.05. The van der Waals surface area contributed by atoms with Crippen molar-refractivity contribution in [1.29, 1.82) is 0 Å². The van der Waals surface area contributed by atoms with Crippen molar-refractivity contribution in [2.75, 3.05) is 25.1 Å². The summed E-state index contributed by atoms with van der Waals surface area (Å²) >= 11 is 6.09. The SMILES string of the molecule is CN(CC1CCCCO1)c1nccc(C(=O)O)c1Cl. The van der Waals surface area contributed by atoms with Gasteiger partial charge < -0.3 is 14.7 Å². The number of pyridine rings is 1. The Labute approximate surface area is 117 Å². The minimum absolute atomic E-state index is 0.0723. The van der Waals surface area contributed by atoms with Crippen LogP contribution in [0.2, 0.25) is 5.02 Å². The topological polar surface area (TPSA) is 62.7 Å². The molecule has 1 unspecified atom stereocenters. The van der Waals surface area contributed by atoms with Gasteiger partial charge in [0, 0.05) is 26.4 Å². The number of anilines is 1. The van der Waals surface area contributed by atoms with Crippen LogP contribution in [-0.4, -0.2) is 42.4 Å². The molecule has 1 aromatic rings. The van der Waals surface area contributed by atoms with Gasteiger partial charge in [-0.05, 0) is 25.3 Å². The number of carbonyl (C=O) groups is 1. The van der Waals surface area contributed by atoms with E-state index in [0.717, 1.165) is 25.9 Å². The second kappa shape index (κ2) is 6.21. The van der Waals surface area contributed by atoms with E-state index in [2.05, 4.69) is 4.98 Å². The Morgan fingerprint density at radius 1 is 1.63 bits per heavy atom. The Morgan fingerprint density at radius 2 is 2.42 bits per heavy atom. The van der Waals surface area contributed by atoms with Gasteiger partial charge in [0.2, 0.25) is 0 Å². The molecule has 1 aliphatic rings. The Hall–Kier alpha value is -1.33. The van der Waals surface area contributed by atoms with Crippen molar-refractivity contribution < 1.29 is 14.6 Å². The summed E-state index contributed by atoms with van der Waals surface area (Å²) in [7, 11) is 1.85. The van der Waals surface area contributed by atoms with Gasteiger partial charge in [-0.25, -0.2) is 9.78 Å². The molecule has 0 spiro atoms. The van der Waals surface area contributed by atoms with Crippen LogP contribution in [-0.2, 0) is 4.74 Å². The van der Waals surface area contributed by atoms with Gasteiger partial charge in [-0.15, -0.1) is 0 Å². The molecule has 1 aromatic heterocycles. The number of rotatable bonds is 4. The molecule has 0 aliphatic carbocycles. The zero-order valence-corrected chi connectivity index (χ0v) is 11.6. The summed E-state index contributed by atoms with van der Waals surface area (Å²) in [6, 6.07) is 1.40. The highest BCUT2D eigenvalue weighted by molar-refractivity contribution is 6.35. The van der Waals surface area contributed by atoms with E-state index in [1.165, 1.54) is 12.3 Å². The van der Waals surface area contributed by atoms with Gasteiger partial charge in [-0.3, -0.25) is 0 Å². The Kier molecular flexibility index (Phi) is 4.61. The number of carboxylic acid groups (broad SMARTS) is 1. The number of likely N-dealkylation sites (N-methyl/N-ethyl adjacent to an activating group) is 1. The summed E-state index contributed by atoms with van der Waals surface area (Å²) in [5.41, 5.74) is 0.0723. The fourth-order valence-corrected chi connectivity index (χ4v) is 2.54. The van der Waals surface area contributed by atoms with Crippen molar-refractivity contribution in [3.8, 4) is 0 Å². The molecule has 6 heteroatoms. The van der Waals surface area contributed by atoms with Crippen LogP contribution >= 0.6 is 11.6 Å². The smallest absolute Gasteiger partial charge is 0.337 e. The highest BCUT2D eigenvalue weighted by Crippen LogP contribution is 2.27. The lowest BCUT2D eigenvalue weighted by atomic mass is 10.1. The minimum Gasteiger partial charge on any atom is -0.478 e. The van der Waals surface area contributed by atoms with Crippen molar-refractivity contribution in [2.45, 2.75) is 25.4 Å². The summed E-state index contributed by atoms with van der Waals surface area (Å²) in [5.74, 6) is -0.563. The van der Waals surface area contributed by atoms with Crippen LogP contribution in [0.3, 0.4) is 0 Å². The largest absolute Gasteiger partial charge is 0.478 e. The Morgan fingerprint density at radius 3 is 3.05 bits per heavy atom. The van der Waals surface area contributed by atoms with Gasteiger partial charge >= 0.3 is 5.97 Å². The van der Waals surface area contributed by atoms with Gasteiger partial charge in [0.25, 0.3) is 0 Å². The Balaban J connectivity index is 2.12. The highest BCUT2D eigenvalue weighted by Gasteiger charge is 2.20. The van der Waals surface area contributed by atoms with Crippen LogP contribution in [0.5, 0.6) is 0 Å². The average molecular weight is 285 g/mol. The van der Waals surface area contributed by atoms with Crippen LogP contribution in [0, 0.1) is 0 Å². The van der Waals surface area contributed by atoms with Crippen molar-refractivity contribution in [3.63, 3.8) is 0 Å². The van der Waals surface area contributed by atoms with Crippen LogP contribution in [0.1, 0.15) is 29.6 Å². The standard InChI is InChI=1S/C13H17ClN2O3/c1-16(8-9-4-2-3-7-19-9)12-11(14)10(13(17)18)5-6-15-12/h5-6,9H,2-4,7-8H2,1H3,(H,17,18). The molecule has 2 heterocycles. The highest BCUT2D eigenvalue weighted by atomic mass is 35.5. The summed E-state index contributed by atoms with van der Waals surface area (Å²) in [6.07, 6.45) is 4.90. The predicted octanol–water partition coefficient (Wildman–Crippen LogP) is 2.44. The van der Waals surface area contributed by atoms with E-state index >= 15 is 0 Å². The molecule has 1 atom stereocenters. The van der Waals surface area contributed by atoms with Gasteiger partial charge in [0.15, 0.2) is 0 Å².